The van der Waals surface area contributed by atoms with E-state index >= 15 is 0 Å². The summed E-state index contributed by atoms with van der Waals surface area (Å²) in [6.07, 6.45) is 5.95. The van der Waals surface area contributed by atoms with Crippen LogP contribution in [0.25, 0.3) is 10.9 Å². The van der Waals surface area contributed by atoms with Crippen molar-refractivity contribution in [2.24, 2.45) is 11.8 Å². The van der Waals surface area contributed by atoms with Gasteiger partial charge in [0.1, 0.15) is 0 Å². The molecule has 3 atom stereocenters. The Labute approximate surface area is 171 Å². The number of carboxylic acids is 1. The SMILES string of the molecule is Cc1cc(C)c2[nH]ccc2c1CN1CC2CCCC2C1c1ccc(C(=O)O)cc1. The molecule has 3 unspecified atom stereocenters. The Morgan fingerprint density at radius 2 is 1.93 bits per heavy atom. The van der Waals surface area contributed by atoms with Gasteiger partial charge in [-0.25, -0.2) is 4.79 Å². The number of nitrogens with one attached hydrogen (secondary N) is 1. The van der Waals surface area contributed by atoms with E-state index in [-0.39, 0.29) is 0 Å². The minimum atomic E-state index is -0.858. The van der Waals surface area contributed by atoms with Gasteiger partial charge in [-0.1, -0.05) is 24.6 Å². The van der Waals surface area contributed by atoms with Crippen molar-refractivity contribution in [3.63, 3.8) is 0 Å². The zero-order valence-electron chi connectivity index (χ0n) is 17.1. The molecule has 4 heteroatoms. The van der Waals surface area contributed by atoms with Crippen LogP contribution in [-0.4, -0.2) is 27.5 Å². The molecule has 1 aliphatic heterocycles. The number of carboxylic acid groups (broad SMARTS) is 1. The van der Waals surface area contributed by atoms with E-state index in [1.54, 1.807) is 12.1 Å². The Morgan fingerprint density at radius 3 is 2.69 bits per heavy atom. The summed E-state index contributed by atoms with van der Waals surface area (Å²) >= 11 is 0. The van der Waals surface area contributed by atoms with Crippen molar-refractivity contribution in [2.45, 2.75) is 45.7 Å². The fourth-order valence-corrected chi connectivity index (χ4v) is 5.89. The number of aromatic carboxylic acids is 1. The number of aromatic amines is 1. The molecule has 1 aliphatic carbocycles. The predicted molar refractivity (Wildman–Crippen MR) is 115 cm³/mol. The number of nitrogens with zero attached hydrogens (tertiary/aromatic N) is 1. The number of rotatable bonds is 4. The van der Waals surface area contributed by atoms with Gasteiger partial charge in [0.15, 0.2) is 0 Å². The lowest BCUT2D eigenvalue weighted by Crippen LogP contribution is -2.26. The number of hydrogen-bond acceptors (Lipinski definition) is 2. The third kappa shape index (κ3) is 3.06. The summed E-state index contributed by atoms with van der Waals surface area (Å²) in [5.41, 5.74) is 6.94. The Hall–Kier alpha value is -2.59. The summed E-state index contributed by atoms with van der Waals surface area (Å²) in [7, 11) is 0. The average Bonchev–Trinajstić information content (AvgIpc) is 3.41. The van der Waals surface area contributed by atoms with Crippen molar-refractivity contribution in [3.8, 4) is 0 Å². The predicted octanol–water partition coefficient (Wildman–Crippen LogP) is 5.46. The topological polar surface area (TPSA) is 56.3 Å². The van der Waals surface area contributed by atoms with E-state index in [0.717, 1.165) is 19.0 Å². The maximum Gasteiger partial charge on any atom is 0.335 e. The first-order valence-electron chi connectivity index (χ1n) is 10.7. The number of carbonyl (C=O) groups is 1. The van der Waals surface area contributed by atoms with Gasteiger partial charge in [-0.3, -0.25) is 4.90 Å². The van der Waals surface area contributed by atoms with Crippen LogP contribution in [0.5, 0.6) is 0 Å². The second-order valence-electron chi connectivity index (χ2n) is 8.91. The minimum Gasteiger partial charge on any atom is -0.478 e. The molecule has 2 aliphatic rings. The summed E-state index contributed by atoms with van der Waals surface area (Å²) < 4.78 is 0. The summed E-state index contributed by atoms with van der Waals surface area (Å²) in [5.74, 6) is 0.577. The lowest BCUT2D eigenvalue weighted by molar-refractivity contribution is 0.0697. The van der Waals surface area contributed by atoms with Crippen molar-refractivity contribution >= 4 is 16.9 Å². The van der Waals surface area contributed by atoms with Crippen LogP contribution in [0.3, 0.4) is 0 Å². The molecular formula is C25H28N2O2. The van der Waals surface area contributed by atoms with Crippen LogP contribution in [0.1, 0.15) is 57.9 Å². The molecule has 0 spiro atoms. The van der Waals surface area contributed by atoms with Crippen LogP contribution in [0.15, 0.2) is 42.6 Å². The van der Waals surface area contributed by atoms with E-state index < -0.39 is 5.97 Å². The Kier molecular flexibility index (Phi) is 4.47. The smallest absolute Gasteiger partial charge is 0.335 e. The number of aryl methyl sites for hydroxylation is 2. The van der Waals surface area contributed by atoms with Crippen molar-refractivity contribution in [1.29, 1.82) is 0 Å². The highest BCUT2D eigenvalue weighted by atomic mass is 16.4. The number of benzene rings is 2. The molecule has 4 nitrogen and oxygen atoms in total. The quantitative estimate of drug-likeness (QED) is 0.624. The van der Waals surface area contributed by atoms with Crippen molar-refractivity contribution in [2.75, 3.05) is 6.54 Å². The van der Waals surface area contributed by atoms with Crippen LogP contribution in [0.4, 0.5) is 0 Å². The van der Waals surface area contributed by atoms with E-state index in [1.807, 2.05) is 18.3 Å². The monoisotopic (exact) mass is 388 g/mol. The molecule has 3 aromatic rings. The number of hydrogen-bond donors (Lipinski definition) is 2. The van der Waals surface area contributed by atoms with Gasteiger partial charge in [-0.2, -0.15) is 0 Å². The largest absolute Gasteiger partial charge is 0.478 e. The van der Waals surface area contributed by atoms with E-state index in [2.05, 4.69) is 35.9 Å². The third-order valence-corrected chi connectivity index (χ3v) is 7.22. The second kappa shape index (κ2) is 7.03. The van der Waals surface area contributed by atoms with Gasteiger partial charge >= 0.3 is 5.97 Å². The van der Waals surface area contributed by atoms with E-state index in [9.17, 15) is 9.90 Å². The first-order valence-corrected chi connectivity index (χ1v) is 10.7. The van der Waals surface area contributed by atoms with Crippen molar-refractivity contribution < 1.29 is 9.90 Å². The summed E-state index contributed by atoms with van der Waals surface area (Å²) in [6.45, 7) is 6.47. The molecule has 1 aromatic heterocycles. The van der Waals surface area contributed by atoms with Gasteiger partial charge in [0.05, 0.1) is 5.56 Å². The maximum absolute atomic E-state index is 11.3. The van der Waals surface area contributed by atoms with E-state index in [4.69, 9.17) is 0 Å². The normalized spacial score (nSPS) is 24.3. The highest BCUT2D eigenvalue weighted by molar-refractivity contribution is 5.88. The van der Waals surface area contributed by atoms with Gasteiger partial charge in [0, 0.05) is 36.2 Å². The zero-order chi connectivity index (χ0) is 20.1. The van der Waals surface area contributed by atoms with Gasteiger partial charge in [-0.05, 0) is 79.0 Å². The third-order valence-electron chi connectivity index (χ3n) is 7.22. The fraction of sp³-hybridized carbons (Fsp3) is 0.400. The molecule has 2 N–H and O–H groups in total. The summed E-state index contributed by atoms with van der Waals surface area (Å²) in [4.78, 5) is 17.3. The molecule has 150 valence electrons. The molecule has 0 amide bonds. The van der Waals surface area contributed by atoms with Gasteiger partial charge < -0.3 is 10.1 Å². The number of fused-ring (bicyclic) bond motifs is 2. The molecule has 2 fully saturated rings. The standard InChI is InChI=1S/C25H28N2O2/c1-15-12-16(2)23-21(10-11-26-23)22(15)14-27-13-19-4-3-5-20(19)24(27)17-6-8-18(9-7-17)25(28)29/h6-12,19-20,24,26H,3-5,13-14H2,1-2H3,(H,28,29). The number of aromatic nitrogens is 1. The van der Waals surface area contributed by atoms with Crippen LogP contribution in [0.2, 0.25) is 0 Å². The molecule has 1 saturated carbocycles. The molecule has 0 radical (unpaired) electrons. The fourth-order valence-electron chi connectivity index (χ4n) is 5.89. The molecular weight excluding hydrogens is 360 g/mol. The lowest BCUT2D eigenvalue weighted by Gasteiger charge is -2.29. The van der Waals surface area contributed by atoms with Crippen molar-refractivity contribution in [3.05, 3.63) is 70.4 Å². The first kappa shape index (κ1) is 18.4. The summed E-state index contributed by atoms with van der Waals surface area (Å²) in [5, 5.41) is 10.6. The molecule has 29 heavy (non-hydrogen) atoms. The molecule has 2 aromatic carbocycles. The second-order valence-corrected chi connectivity index (χ2v) is 8.91. The molecule has 1 saturated heterocycles. The Balaban J connectivity index is 1.52. The van der Waals surface area contributed by atoms with E-state index in [0.29, 0.717) is 17.5 Å². The summed E-state index contributed by atoms with van der Waals surface area (Å²) in [6, 6.07) is 12.5. The highest BCUT2D eigenvalue weighted by Crippen LogP contribution is 2.50. The molecule has 0 bridgehead atoms. The van der Waals surface area contributed by atoms with E-state index in [1.165, 1.54) is 52.4 Å². The van der Waals surface area contributed by atoms with Crippen LogP contribution < -0.4 is 0 Å². The van der Waals surface area contributed by atoms with Crippen molar-refractivity contribution in [1.82, 2.24) is 9.88 Å². The van der Waals surface area contributed by atoms with Crippen LogP contribution in [-0.2, 0) is 6.54 Å². The molecule has 5 rings (SSSR count). The van der Waals surface area contributed by atoms with Crippen LogP contribution in [0, 0.1) is 25.7 Å². The van der Waals surface area contributed by atoms with Gasteiger partial charge in [0.25, 0.3) is 0 Å². The Bertz CT molecular complexity index is 1070. The Morgan fingerprint density at radius 1 is 1.14 bits per heavy atom. The van der Waals surface area contributed by atoms with Gasteiger partial charge in [0.2, 0.25) is 0 Å². The zero-order valence-corrected chi connectivity index (χ0v) is 17.1. The number of H-pyrrole nitrogens is 1. The average molecular weight is 389 g/mol. The number of likely N-dealkylation sites (tertiary alicyclic amines) is 1. The lowest BCUT2D eigenvalue weighted by atomic mass is 9.89. The van der Waals surface area contributed by atoms with Gasteiger partial charge in [-0.15, -0.1) is 0 Å². The van der Waals surface area contributed by atoms with Crippen LogP contribution >= 0.6 is 0 Å². The highest BCUT2D eigenvalue weighted by Gasteiger charge is 2.44. The maximum atomic E-state index is 11.3. The molecule has 2 heterocycles. The minimum absolute atomic E-state index is 0.365. The first-order chi connectivity index (χ1) is 14.0.